The first-order valence-corrected chi connectivity index (χ1v) is 8.29. The molecule has 106 valence electrons. The Morgan fingerprint density at radius 3 is 2.11 bits per heavy atom. The molecule has 0 spiro atoms. The van der Waals surface area contributed by atoms with Gasteiger partial charge in [-0.3, -0.25) is 0 Å². The second-order valence-corrected chi connectivity index (χ2v) is 8.43. The quantitative estimate of drug-likeness (QED) is 0.594. The van der Waals surface area contributed by atoms with Gasteiger partial charge in [-0.25, -0.2) is 0 Å². The molecule has 2 aliphatic carbocycles. The largest absolute Gasteiger partial charge is 0.0651 e. The summed E-state index contributed by atoms with van der Waals surface area (Å²) in [6.45, 7) is 17.2. The fourth-order valence-corrected chi connectivity index (χ4v) is 5.30. The first-order chi connectivity index (χ1) is 8.29. The van der Waals surface area contributed by atoms with E-state index >= 15 is 0 Å². The Balaban J connectivity index is 1.93. The van der Waals surface area contributed by atoms with Gasteiger partial charge in [0.05, 0.1) is 0 Å². The van der Waals surface area contributed by atoms with E-state index in [1.54, 1.807) is 0 Å². The van der Waals surface area contributed by atoms with E-state index in [0.717, 1.165) is 41.4 Å². The second kappa shape index (κ2) is 4.84. The van der Waals surface area contributed by atoms with Gasteiger partial charge < -0.3 is 0 Å². The average Bonchev–Trinajstić information content (AvgIpc) is 2.85. The summed E-state index contributed by atoms with van der Waals surface area (Å²) >= 11 is 0. The molecule has 0 heterocycles. The van der Waals surface area contributed by atoms with E-state index in [2.05, 4.69) is 48.5 Å². The summed E-state index contributed by atoms with van der Waals surface area (Å²) in [4.78, 5) is 0. The predicted molar refractivity (Wildman–Crippen MR) is 80.4 cm³/mol. The summed E-state index contributed by atoms with van der Waals surface area (Å²) in [7, 11) is 0. The van der Waals surface area contributed by atoms with Crippen molar-refractivity contribution in [2.45, 2.75) is 67.7 Å². The van der Waals surface area contributed by atoms with Crippen LogP contribution in [-0.4, -0.2) is 0 Å². The van der Waals surface area contributed by atoms with Crippen LogP contribution in [0.3, 0.4) is 0 Å². The average molecular weight is 250 g/mol. The van der Waals surface area contributed by atoms with Gasteiger partial charge in [0, 0.05) is 0 Å². The zero-order valence-corrected chi connectivity index (χ0v) is 13.7. The fourth-order valence-electron chi connectivity index (χ4n) is 5.30. The molecule has 0 radical (unpaired) electrons. The predicted octanol–water partition coefficient (Wildman–Crippen LogP) is 5.62. The summed E-state index contributed by atoms with van der Waals surface area (Å²) in [5, 5.41) is 0. The van der Waals surface area contributed by atoms with Crippen LogP contribution in [0, 0.1) is 46.8 Å². The standard InChI is InChI=1S/C18H34/c1-8-14-12(4)9-16(14)18(6,7)10-15-13(5)17(15)11(2)3/h11-17H,8-10H2,1-7H3. The molecule has 0 aromatic carbocycles. The van der Waals surface area contributed by atoms with Gasteiger partial charge >= 0.3 is 0 Å². The molecule has 6 unspecified atom stereocenters. The summed E-state index contributed by atoms with van der Waals surface area (Å²) in [6, 6.07) is 0. The summed E-state index contributed by atoms with van der Waals surface area (Å²) < 4.78 is 0. The first-order valence-electron chi connectivity index (χ1n) is 8.29. The molecular weight excluding hydrogens is 216 g/mol. The molecule has 6 atom stereocenters. The Hall–Kier alpha value is 0. The number of hydrogen-bond acceptors (Lipinski definition) is 0. The molecule has 2 fully saturated rings. The fraction of sp³-hybridized carbons (Fsp3) is 1.00. The Morgan fingerprint density at radius 2 is 1.72 bits per heavy atom. The zero-order chi connectivity index (χ0) is 13.7. The molecule has 2 aliphatic rings. The van der Waals surface area contributed by atoms with E-state index in [4.69, 9.17) is 0 Å². The van der Waals surface area contributed by atoms with E-state index in [0.29, 0.717) is 5.41 Å². The molecule has 0 aromatic heterocycles. The molecule has 0 heteroatoms. The maximum atomic E-state index is 2.55. The van der Waals surface area contributed by atoms with Crippen LogP contribution in [0.5, 0.6) is 0 Å². The molecule has 0 bridgehead atoms. The molecule has 0 aromatic rings. The lowest BCUT2D eigenvalue weighted by Gasteiger charge is -2.51. The Kier molecular flexibility index (Phi) is 3.87. The molecule has 0 amide bonds. The van der Waals surface area contributed by atoms with Crippen molar-refractivity contribution in [3.63, 3.8) is 0 Å². The third-order valence-electron chi connectivity index (χ3n) is 6.52. The lowest BCUT2D eigenvalue weighted by molar-refractivity contribution is -0.0228. The van der Waals surface area contributed by atoms with E-state index in [-0.39, 0.29) is 0 Å². The third kappa shape index (κ3) is 2.37. The summed E-state index contributed by atoms with van der Waals surface area (Å²) in [5.74, 6) is 6.90. The molecule has 0 N–H and O–H groups in total. The molecule has 2 rings (SSSR count). The van der Waals surface area contributed by atoms with Gasteiger partial charge in [0.15, 0.2) is 0 Å². The number of hydrogen-bond donors (Lipinski definition) is 0. The minimum Gasteiger partial charge on any atom is -0.0651 e. The van der Waals surface area contributed by atoms with Crippen LogP contribution in [0.25, 0.3) is 0 Å². The van der Waals surface area contributed by atoms with Crippen LogP contribution < -0.4 is 0 Å². The highest BCUT2D eigenvalue weighted by molar-refractivity contribution is 5.02. The summed E-state index contributed by atoms with van der Waals surface area (Å²) in [5.41, 5.74) is 0.579. The normalized spacial score (nSPS) is 44.0. The lowest BCUT2D eigenvalue weighted by atomic mass is 9.54. The van der Waals surface area contributed by atoms with Crippen molar-refractivity contribution in [2.24, 2.45) is 46.8 Å². The van der Waals surface area contributed by atoms with Gasteiger partial charge in [-0.05, 0) is 59.7 Å². The zero-order valence-electron chi connectivity index (χ0n) is 13.7. The Morgan fingerprint density at radius 1 is 1.11 bits per heavy atom. The van der Waals surface area contributed by atoms with Gasteiger partial charge in [0.1, 0.15) is 0 Å². The first kappa shape index (κ1) is 14.4. The van der Waals surface area contributed by atoms with Crippen LogP contribution in [0.2, 0.25) is 0 Å². The monoisotopic (exact) mass is 250 g/mol. The van der Waals surface area contributed by atoms with Crippen LogP contribution in [0.4, 0.5) is 0 Å². The van der Waals surface area contributed by atoms with Crippen LogP contribution in [0.15, 0.2) is 0 Å². The smallest absolute Gasteiger partial charge is 0.0320 e. The van der Waals surface area contributed by atoms with Gasteiger partial charge in [-0.15, -0.1) is 0 Å². The second-order valence-electron chi connectivity index (χ2n) is 8.43. The van der Waals surface area contributed by atoms with Crippen molar-refractivity contribution in [3.05, 3.63) is 0 Å². The van der Waals surface area contributed by atoms with Gasteiger partial charge in [0.2, 0.25) is 0 Å². The minimum atomic E-state index is 0.579. The highest BCUT2D eigenvalue weighted by atomic mass is 14.6. The highest BCUT2D eigenvalue weighted by Crippen LogP contribution is 2.60. The Bertz CT molecular complexity index is 288. The van der Waals surface area contributed by atoms with Crippen LogP contribution >= 0.6 is 0 Å². The van der Waals surface area contributed by atoms with Crippen molar-refractivity contribution in [3.8, 4) is 0 Å². The van der Waals surface area contributed by atoms with E-state index in [1.807, 2.05) is 0 Å². The van der Waals surface area contributed by atoms with Gasteiger partial charge in [0.25, 0.3) is 0 Å². The molecule has 0 saturated heterocycles. The molecule has 0 aliphatic heterocycles. The SMILES string of the molecule is CCC1C(C)CC1C(C)(C)CC1C(C)C1C(C)C. The lowest BCUT2D eigenvalue weighted by Crippen LogP contribution is -2.44. The van der Waals surface area contributed by atoms with Crippen LogP contribution in [0.1, 0.15) is 67.7 Å². The van der Waals surface area contributed by atoms with E-state index in [9.17, 15) is 0 Å². The van der Waals surface area contributed by atoms with E-state index < -0.39 is 0 Å². The summed E-state index contributed by atoms with van der Waals surface area (Å²) in [6.07, 6.45) is 4.35. The molecule has 2 saturated carbocycles. The highest BCUT2D eigenvalue weighted by Gasteiger charge is 2.53. The van der Waals surface area contributed by atoms with Crippen molar-refractivity contribution >= 4 is 0 Å². The maximum absolute atomic E-state index is 2.55. The topological polar surface area (TPSA) is 0 Å². The van der Waals surface area contributed by atoms with Crippen molar-refractivity contribution in [1.82, 2.24) is 0 Å². The molecular formula is C18H34. The van der Waals surface area contributed by atoms with Gasteiger partial charge in [-0.1, -0.05) is 54.9 Å². The van der Waals surface area contributed by atoms with Crippen molar-refractivity contribution < 1.29 is 0 Å². The molecule has 18 heavy (non-hydrogen) atoms. The number of rotatable bonds is 5. The van der Waals surface area contributed by atoms with Crippen molar-refractivity contribution in [1.29, 1.82) is 0 Å². The third-order valence-corrected chi connectivity index (χ3v) is 6.52. The maximum Gasteiger partial charge on any atom is -0.0320 e. The van der Waals surface area contributed by atoms with E-state index in [1.165, 1.54) is 19.3 Å². The van der Waals surface area contributed by atoms with Crippen molar-refractivity contribution in [2.75, 3.05) is 0 Å². The van der Waals surface area contributed by atoms with Crippen LogP contribution in [-0.2, 0) is 0 Å². The molecule has 0 nitrogen and oxygen atoms in total. The van der Waals surface area contributed by atoms with Gasteiger partial charge in [-0.2, -0.15) is 0 Å². The minimum absolute atomic E-state index is 0.579. The Labute approximate surface area is 115 Å².